The van der Waals surface area contributed by atoms with E-state index in [9.17, 15) is 27.9 Å². The van der Waals surface area contributed by atoms with E-state index in [2.05, 4.69) is 10.1 Å². The molecule has 5 rings (SSSR count). The van der Waals surface area contributed by atoms with Crippen LogP contribution in [0.25, 0.3) is 17.0 Å². The number of nitrogens with zero attached hydrogens (tertiary/aromatic N) is 4. The number of ether oxygens (including phenoxy) is 1. The van der Waals surface area contributed by atoms with Gasteiger partial charge in [0.05, 0.1) is 35.8 Å². The summed E-state index contributed by atoms with van der Waals surface area (Å²) in [7, 11) is 1.31. The van der Waals surface area contributed by atoms with Crippen molar-refractivity contribution in [1.29, 1.82) is 0 Å². The van der Waals surface area contributed by atoms with E-state index < -0.39 is 29.7 Å². The van der Waals surface area contributed by atoms with Crippen molar-refractivity contribution in [3.63, 3.8) is 0 Å². The van der Waals surface area contributed by atoms with Crippen LogP contribution >= 0.6 is 11.8 Å². The van der Waals surface area contributed by atoms with Gasteiger partial charge in [0.2, 0.25) is 0 Å². The zero-order valence-electron chi connectivity index (χ0n) is 19.5. The van der Waals surface area contributed by atoms with Crippen LogP contribution in [0.2, 0.25) is 0 Å². The highest BCUT2D eigenvalue weighted by Gasteiger charge is 2.37. The van der Waals surface area contributed by atoms with Gasteiger partial charge in [0, 0.05) is 11.9 Å². The molecule has 1 aromatic heterocycles. The van der Waals surface area contributed by atoms with Crippen LogP contribution in [0.5, 0.6) is 5.75 Å². The van der Waals surface area contributed by atoms with Gasteiger partial charge < -0.3 is 14.7 Å². The number of methoxy groups -OCH3 is 1. The smallest absolute Gasteiger partial charge is 0.416 e. The second-order valence-electron chi connectivity index (χ2n) is 8.64. The van der Waals surface area contributed by atoms with Crippen molar-refractivity contribution >= 4 is 45.8 Å². The number of thioether (sulfide) groups is 1. The van der Waals surface area contributed by atoms with Crippen LogP contribution in [-0.4, -0.2) is 56.5 Å². The first-order chi connectivity index (χ1) is 17.6. The number of carboxylic acids is 1. The van der Waals surface area contributed by atoms with E-state index >= 15 is 0 Å². The standard InChI is InChI=1S/C25H21F3N4O4S/c1-36-17-6-5-15(18(11-17)25(26,27)28)13-32-19-7-4-14(9-16(19)12-29-32)10-21-22(33)30-24(37-21)31-8-2-3-20(31)23(34)35/h4-7,9-12,20H,2-3,8,13H2,1H3,(H,34,35)/t20-/m1/s1. The highest BCUT2D eigenvalue weighted by Crippen LogP contribution is 2.36. The van der Waals surface area contributed by atoms with Gasteiger partial charge >= 0.3 is 12.1 Å². The van der Waals surface area contributed by atoms with Gasteiger partial charge in [-0.05, 0) is 66.1 Å². The molecule has 0 aliphatic carbocycles. The second kappa shape index (κ2) is 9.58. The number of aliphatic carboxylic acids is 1. The molecule has 192 valence electrons. The molecule has 1 saturated heterocycles. The van der Waals surface area contributed by atoms with Crippen LogP contribution in [0.4, 0.5) is 13.2 Å². The average Bonchev–Trinajstić information content (AvgIpc) is 3.58. The zero-order valence-corrected chi connectivity index (χ0v) is 20.3. The third kappa shape index (κ3) is 4.93. The summed E-state index contributed by atoms with van der Waals surface area (Å²) in [4.78, 5) is 30.0. The van der Waals surface area contributed by atoms with Gasteiger partial charge in [-0.25, -0.2) is 4.79 Å². The predicted octanol–water partition coefficient (Wildman–Crippen LogP) is 4.63. The lowest BCUT2D eigenvalue weighted by atomic mass is 10.1. The molecule has 1 N–H and O–H groups in total. The number of rotatable bonds is 5. The molecule has 8 nitrogen and oxygen atoms in total. The van der Waals surface area contributed by atoms with E-state index in [1.165, 1.54) is 23.9 Å². The predicted molar refractivity (Wildman–Crippen MR) is 132 cm³/mol. The lowest BCUT2D eigenvalue weighted by molar-refractivity contribution is -0.141. The number of aromatic nitrogens is 2. The number of benzene rings is 2. The molecule has 0 bridgehead atoms. The van der Waals surface area contributed by atoms with E-state index in [1.807, 2.05) is 0 Å². The number of carbonyl (C=O) groups excluding carboxylic acids is 1. The van der Waals surface area contributed by atoms with Gasteiger partial charge in [-0.2, -0.15) is 23.3 Å². The molecule has 2 aromatic carbocycles. The summed E-state index contributed by atoms with van der Waals surface area (Å²) in [5.41, 5.74) is 0.599. The summed E-state index contributed by atoms with van der Waals surface area (Å²) in [6.45, 7) is 0.438. The summed E-state index contributed by atoms with van der Waals surface area (Å²) >= 11 is 1.14. The van der Waals surface area contributed by atoms with Gasteiger partial charge in [-0.1, -0.05) is 12.1 Å². The monoisotopic (exact) mass is 530 g/mol. The maximum Gasteiger partial charge on any atom is 0.416 e. The highest BCUT2D eigenvalue weighted by atomic mass is 32.2. The molecule has 0 unspecified atom stereocenters. The van der Waals surface area contributed by atoms with Gasteiger partial charge in [0.25, 0.3) is 5.91 Å². The third-order valence-electron chi connectivity index (χ3n) is 6.30. The fourth-order valence-electron chi connectivity index (χ4n) is 4.49. The second-order valence-corrected chi connectivity index (χ2v) is 9.65. The maximum absolute atomic E-state index is 13.6. The average molecular weight is 531 g/mol. The first-order valence-electron chi connectivity index (χ1n) is 11.4. The minimum absolute atomic E-state index is 0.0590. The van der Waals surface area contributed by atoms with Crippen molar-refractivity contribution in [2.24, 2.45) is 4.99 Å². The lowest BCUT2D eigenvalue weighted by Crippen LogP contribution is -2.38. The first kappa shape index (κ1) is 24.9. The number of alkyl halides is 3. The lowest BCUT2D eigenvalue weighted by Gasteiger charge is -2.21. The topological polar surface area (TPSA) is 97.0 Å². The summed E-state index contributed by atoms with van der Waals surface area (Å²) in [5, 5.41) is 14.8. The number of halogens is 3. The molecule has 3 heterocycles. The van der Waals surface area contributed by atoms with Crippen LogP contribution in [0.15, 0.2) is 52.5 Å². The number of amides is 1. The Morgan fingerprint density at radius 1 is 1.27 bits per heavy atom. The van der Waals surface area contributed by atoms with Crippen molar-refractivity contribution in [1.82, 2.24) is 14.7 Å². The summed E-state index contributed by atoms with van der Waals surface area (Å²) in [6.07, 6.45) is -0.105. The van der Waals surface area contributed by atoms with Crippen molar-refractivity contribution < 1.29 is 32.6 Å². The van der Waals surface area contributed by atoms with Crippen molar-refractivity contribution in [3.8, 4) is 5.75 Å². The summed E-state index contributed by atoms with van der Waals surface area (Å²) in [6, 6.07) is 8.40. The van der Waals surface area contributed by atoms with Gasteiger partial charge in [0.15, 0.2) is 5.17 Å². The Hall–Kier alpha value is -3.80. The molecular formula is C25H21F3N4O4S. The fourth-order valence-corrected chi connectivity index (χ4v) is 5.48. The Morgan fingerprint density at radius 2 is 2.08 bits per heavy atom. The molecule has 0 radical (unpaired) electrons. The van der Waals surface area contributed by atoms with Crippen LogP contribution in [0.3, 0.4) is 0 Å². The van der Waals surface area contributed by atoms with Gasteiger partial charge in [-0.3, -0.25) is 9.48 Å². The van der Waals surface area contributed by atoms with Crippen molar-refractivity contribution in [2.75, 3.05) is 13.7 Å². The molecule has 37 heavy (non-hydrogen) atoms. The van der Waals surface area contributed by atoms with Crippen LogP contribution in [0.1, 0.15) is 29.5 Å². The zero-order chi connectivity index (χ0) is 26.3. The molecule has 1 amide bonds. The van der Waals surface area contributed by atoms with E-state index in [4.69, 9.17) is 4.74 Å². The Bertz CT molecular complexity index is 1460. The van der Waals surface area contributed by atoms with E-state index in [-0.39, 0.29) is 17.9 Å². The quantitative estimate of drug-likeness (QED) is 0.481. The molecule has 1 atom stereocenters. The number of amidine groups is 1. The molecule has 2 aliphatic rings. The largest absolute Gasteiger partial charge is 0.497 e. The Labute approximate surface area is 213 Å². The SMILES string of the molecule is COc1ccc(Cn2ncc3cc(C=C4SC(N5CCC[C@@H]5C(=O)O)=NC4=O)ccc32)c(C(F)(F)F)c1. The number of hydrogen-bond donors (Lipinski definition) is 1. The number of fused-ring (bicyclic) bond motifs is 1. The maximum atomic E-state index is 13.6. The van der Waals surface area contributed by atoms with Crippen LogP contribution < -0.4 is 4.74 Å². The van der Waals surface area contributed by atoms with Gasteiger partial charge in [-0.15, -0.1) is 0 Å². The van der Waals surface area contributed by atoms with Crippen molar-refractivity contribution in [2.45, 2.75) is 31.6 Å². The molecule has 3 aromatic rings. The van der Waals surface area contributed by atoms with Crippen LogP contribution in [0, 0.1) is 0 Å². The Balaban J connectivity index is 1.37. The minimum Gasteiger partial charge on any atom is -0.497 e. The summed E-state index contributed by atoms with van der Waals surface area (Å²) < 4.78 is 47.3. The van der Waals surface area contributed by atoms with E-state index in [0.717, 1.165) is 17.8 Å². The molecule has 12 heteroatoms. The van der Waals surface area contributed by atoms with E-state index in [0.29, 0.717) is 45.9 Å². The third-order valence-corrected chi connectivity index (χ3v) is 7.32. The fraction of sp³-hybridized carbons (Fsp3) is 0.280. The number of carboxylic acid groups (broad SMARTS) is 1. The molecule has 0 saturated carbocycles. The molecular weight excluding hydrogens is 509 g/mol. The molecule has 0 spiro atoms. The molecule has 2 aliphatic heterocycles. The first-order valence-corrected chi connectivity index (χ1v) is 12.2. The van der Waals surface area contributed by atoms with Crippen LogP contribution in [-0.2, 0) is 22.3 Å². The summed E-state index contributed by atoms with van der Waals surface area (Å²) in [5.74, 6) is -1.26. The Morgan fingerprint density at radius 3 is 2.81 bits per heavy atom. The highest BCUT2D eigenvalue weighted by molar-refractivity contribution is 8.18. The number of aliphatic imine (C=N–C) groups is 1. The Kier molecular flexibility index (Phi) is 6.44. The number of hydrogen-bond acceptors (Lipinski definition) is 6. The molecule has 1 fully saturated rings. The number of carbonyl (C=O) groups is 2. The van der Waals surface area contributed by atoms with Crippen molar-refractivity contribution in [3.05, 3.63) is 64.2 Å². The number of likely N-dealkylation sites (tertiary alicyclic amines) is 1. The normalized spacial score (nSPS) is 19.2. The van der Waals surface area contributed by atoms with E-state index in [1.54, 1.807) is 35.4 Å². The van der Waals surface area contributed by atoms with Gasteiger partial charge in [0.1, 0.15) is 11.8 Å². The minimum atomic E-state index is -4.54.